The Morgan fingerprint density at radius 2 is 0.530 bits per heavy atom. The third kappa shape index (κ3) is 71.8. The molecule has 0 aliphatic rings. The van der Waals surface area contributed by atoms with E-state index in [9.17, 15) is 43.2 Å². The van der Waals surface area contributed by atoms with Crippen molar-refractivity contribution in [3.8, 4) is 0 Å². The maximum absolute atomic E-state index is 13.1. The summed E-state index contributed by atoms with van der Waals surface area (Å²) in [6, 6.07) is 0. The Kier molecular flexibility index (Phi) is 69.5. The van der Waals surface area contributed by atoms with E-state index in [0.29, 0.717) is 32.1 Å². The van der Waals surface area contributed by atoms with E-state index in [1.165, 1.54) is 89.9 Å². The molecule has 574 valence electrons. The minimum atomic E-state index is -4.98. The van der Waals surface area contributed by atoms with Gasteiger partial charge in [-0.25, -0.2) is 9.13 Å². The number of unbranched alkanes of at least 4 members (excludes halogenated alkanes) is 26. The molecule has 0 aromatic carbocycles. The lowest BCUT2D eigenvalue weighted by atomic mass is 10.0. The van der Waals surface area contributed by atoms with E-state index in [4.69, 9.17) is 37.0 Å². The number of aliphatic hydroxyl groups is 1. The molecule has 5 atom stereocenters. The van der Waals surface area contributed by atoms with Gasteiger partial charge in [0.2, 0.25) is 0 Å². The summed E-state index contributed by atoms with van der Waals surface area (Å²) in [6.07, 6.45) is 79.1. The van der Waals surface area contributed by atoms with E-state index < -0.39 is 97.5 Å². The molecule has 0 heterocycles. The van der Waals surface area contributed by atoms with Crippen molar-refractivity contribution in [2.24, 2.45) is 0 Å². The Balaban J connectivity index is 5.38. The largest absolute Gasteiger partial charge is 0.472 e. The molecule has 0 aromatic heterocycles. The zero-order valence-corrected chi connectivity index (χ0v) is 64.4. The molecule has 0 aliphatic carbocycles. The van der Waals surface area contributed by atoms with Crippen molar-refractivity contribution in [1.82, 2.24) is 0 Å². The van der Waals surface area contributed by atoms with Crippen molar-refractivity contribution in [1.29, 1.82) is 0 Å². The predicted molar refractivity (Wildman–Crippen MR) is 408 cm³/mol. The van der Waals surface area contributed by atoms with Gasteiger partial charge in [-0.2, -0.15) is 0 Å². The Hall–Kier alpha value is -4.54. The fraction of sp³-hybridized carbons (Fsp3) is 0.704. The van der Waals surface area contributed by atoms with Crippen LogP contribution in [-0.4, -0.2) is 96.7 Å². The Morgan fingerprint density at radius 1 is 0.290 bits per heavy atom. The third-order valence-corrected chi connectivity index (χ3v) is 17.9. The molecule has 0 aliphatic heterocycles. The molecule has 3 N–H and O–H groups in total. The molecular weight excluding hydrogens is 1310 g/mol. The predicted octanol–water partition coefficient (Wildman–Crippen LogP) is 22.3. The first-order valence-corrected chi connectivity index (χ1v) is 41.8. The topological polar surface area (TPSA) is 237 Å². The molecule has 0 rings (SSSR count). The average molecular weight is 1450 g/mol. The highest BCUT2D eigenvalue weighted by molar-refractivity contribution is 7.47. The summed E-state index contributed by atoms with van der Waals surface area (Å²) >= 11 is 0. The van der Waals surface area contributed by atoms with Crippen LogP contribution in [0.3, 0.4) is 0 Å². The van der Waals surface area contributed by atoms with Gasteiger partial charge >= 0.3 is 39.5 Å². The van der Waals surface area contributed by atoms with Gasteiger partial charge in [0.25, 0.3) is 0 Å². The van der Waals surface area contributed by atoms with Gasteiger partial charge < -0.3 is 33.8 Å². The van der Waals surface area contributed by atoms with E-state index in [1.807, 2.05) is 12.2 Å². The number of hydrogen-bond acceptors (Lipinski definition) is 15. The lowest BCUT2D eigenvalue weighted by molar-refractivity contribution is -0.161. The summed E-state index contributed by atoms with van der Waals surface area (Å²) in [6.45, 7) is 4.55. The summed E-state index contributed by atoms with van der Waals surface area (Å²) in [5.74, 6) is -2.27. The number of esters is 4. The van der Waals surface area contributed by atoms with Gasteiger partial charge in [0, 0.05) is 25.7 Å². The monoisotopic (exact) mass is 1440 g/mol. The minimum absolute atomic E-state index is 0.0830. The van der Waals surface area contributed by atoms with E-state index in [1.54, 1.807) is 0 Å². The molecule has 5 unspecified atom stereocenters. The van der Waals surface area contributed by atoms with Crippen LogP contribution in [-0.2, 0) is 65.4 Å². The van der Waals surface area contributed by atoms with Gasteiger partial charge in [-0.3, -0.25) is 37.3 Å². The Bertz CT molecular complexity index is 2370. The molecule has 0 spiro atoms. The number of allylic oxidation sites excluding steroid dienone is 20. The number of phosphoric ester groups is 2. The molecule has 0 bridgehead atoms. The van der Waals surface area contributed by atoms with Gasteiger partial charge in [-0.1, -0.05) is 297 Å². The summed E-state index contributed by atoms with van der Waals surface area (Å²) in [5.41, 5.74) is 0. The van der Waals surface area contributed by atoms with Crippen LogP contribution >= 0.6 is 15.6 Å². The van der Waals surface area contributed by atoms with Crippen LogP contribution in [0.5, 0.6) is 0 Å². The van der Waals surface area contributed by atoms with Crippen LogP contribution < -0.4 is 0 Å². The highest BCUT2D eigenvalue weighted by atomic mass is 31.2. The fourth-order valence-corrected chi connectivity index (χ4v) is 11.7. The number of hydrogen-bond donors (Lipinski definition) is 3. The first-order valence-electron chi connectivity index (χ1n) is 38.8. The number of rotatable bonds is 72. The van der Waals surface area contributed by atoms with Crippen LogP contribution in [0, 0.1) is 0 Å². The average Bonchev–Trinajstić information content (AvgIpc) is 0.940. The lowest BCUT2D eigenvalue weighted by Crippen LogP contribution is -2.30. The molecule has 0 radical (unpaired) electrons. The normalized spacial score (nSPS) is 14.6. The molecule has 0 saturated carbocycles. The highest BCUT2D eigenvalue weighted by Crippen LogP contribution is 2.45. The SMILES string of the molecule is CC/C=C\C/C=C\C/C=C\C/C=C\C/C=C\CCCCCC(=O)OCC(COP(=O)(O)OCC(O)COP(=O)(O)OCC(COC(=O)CCC/C=C\C/C=C\C/C=C\C/C=C\C/C=C\CC)OC(=O)CCCCCCCCCCCCC)OC(=O)CCCCCCCCCCCCCCC. The van der Waals surface area contributed by atoms with Gasteiger partial charge in [0.05, 0.1) is 26.4 Å². The van der Waals surface area contributed by atoms with E-state index in [0.717, 1.165) is 135 Å². The minimum Gasteiger partial charge on any atom is -0.462 e. The second-order valence-corrected chi connectivity index (χ2v) is 28.5. The first-order chi connectivity index (χ1) is 48.7. The molecule has 0 fully saturated rings. The Labute approximate surface area is 606 Å². The second-order valence-electron chi connectivity index (χ2n) is 25.5. The zero-order chi connectivity index (χ0) is 73.2. The summed E-state index contributed by atoms with van der Waals surface area (Å²) < 4.78 is 68.4. The number of carbonyl (C=O) groups is 4. The van der Waals surface area contributed by atoms with Crippen LogP contribution in [0.15, 0.2) is 122 Å². The molecule has 0 aromatic rings. The molecule has 100 heavy (non-hydrogen) atoms. The first kappa shape index (κ1) is 95.5. The van der Waals surface area contributed by atoms with Crippen molar-refractivity contribution in [2.75, 3.05) is 39.6 Å². The van der Waals surface area contributed by atoms with E-state index >= 15 is 0 Å². The van der Waals surface area contributed by atoms with Gasteiger partial charge in [-0.15, -0.1) is 0 Å². The van der Waals surface area contributed by atoms with Crippen molar-refractivity contribution in [3.05, 3.63) is 122 Å². The molecule has 0 saturated heterocycles. The van der Waals surface area contributed by atoms with E-state index in [2.05, 4.69) is 137 Å². The molecular formula is C81H138O17P2. The van der Waals surface area contributed by atoms with Crippen molar-refractivity contribution < 1.29 is 80.2 Å². The number of ether oxygens (including phenoxy) is 4. The van der Waals surface area contributed by atoms with Gasteiger partial charge in [-0.05, 0) is 109 Å². The lowest BCUT2D eigenvalue weighted by Gasteiger charge is -2.21. The maximum Gasteiger partial charge on any atom is 0.472 e. The summed E-state index contributed by atoms with van der Waals surface area (Å²) in [5, 5.41) is 10.6. The maximum atomic E-state index is 13.1. The highest BCUT2D eigenvalue weighted by Gasteiger charge is 2.30. The standard InChI is InChI=1S/C81H138O17P2/c1-5-9-13-17-21-25-29-32-34-36-37-39-41-44-47-50-54-58-62-66-79(84)92-72-77(98-81(86)68-64-60-56-52-48-42-31-27-23-19-15-11-7-3)74-96-100(89,90)94-70-75(82)69-93-99(87,88)95-73-76(97-80(85)67-63-59-55-51-45-28-24-20-16-12-8-4)71-91-78(83)65-61-57-53-49-46-43-40-38-35-33-30-26-22-18-14-10-6-2/h9-10,13-14,21-22,25-26,32-35,37,39-40,43-44,47,49,53,75-77,82H,5-8,11-12,15-20,23-24,27-31,36,38,41-42,45-46,48,50-52,54-74H2,1-4H3,(H,87,88)(H,89,90)/b13-9-,14-10-,25-21-,26-22-,34-32-,35-33-,39-37-,43-40-,47-44-,53-49-. The van der Waals surface area contributed by atoms with Crippen molar-refractivity contribution in [2.45, 2.75) is 329 Å². The summed E-state index contributed by atoms with van der Waals surface area (Å²) in [7, 11) is -9.97. The third-order valence-electron chi connectivity index (χ3n) is 16.0. The van der Waals surface area contributed by atoms with Crippen molar-refractivity contribution in [3.63, 3.8) is 0 Å². The molecule has 19 heteroatoms. The van der Waals surface area contributed by atoms with Gasteiger partial charge in [0.15, 0.2) is 12.2 Å². The second kappa shape index (κ2) is 72.8. The van der Waals surface area contributed by atoms with Crippen LogP contribution in [0.25, 0.3) is 0 Å². The fourth-order valence-electron chi connectivity index (χ4n) is 10.1. The molecule has 17 nitrogen and oxygen atoms in total. The number of aliphatic hydroxyl groups excluding tert-OH is 1. The van der Waals surface area contributed by atoms with Crippen LogP contribution in [0.4, 0.5) is 0 Å². The zero-order valence-electron chi connectivity index (χ0n) is 62.6. The quantitative estimate of drug-likeness (QED) is 0.0169. The Morgan fingerprint density at radius 3 is 0.840 bits per heavy atom. The molecule has 0 amide bonds. The van der Waals surface area contributed by atoms with Crippen LogP contribution in [0.2, 0.25) is 0 Å². The number of phosphoric acid groups is 2. The van der Waals surface area contributed by atoms with E-state index in [-0.39, 0.29) is 25.7 Å². The van der Waals surface area contributed by atoms with Crippen molar-refractivity contribution >= 4 is 39.5 Å². The smallest absolute Gasteiger partial charge is 0.462 e. The number of carbonyl (C=O) groups excluding carboxylic acids is 4. The van der Waals surface area contributed by atoms with Gasteiger partial charge in [0.1, 0.15) is 19.3 Å². The summed E-state index contributed by atoms with van der Waals surface area (Å²) in [4.78, 5) is 72.8. The van der Waals surface area contributed by atoms with Crippen LogP contribution in [0.1, 0.15) is 310 Å².